The van der Waals surface area contributed by atoms with Crippen molar-refractivity contribution in [2.24, 2.45) is 5.92 Å². The number of halogens is 1. The third-order valence-electron chi connectivity index (χ3n) is 4.24. The van der Waals surface area contributed by atoms with Gasteiger partial charge in [0.2, 0.25) is 0 Å². The van der Waals surface area contributed by atoms with Crippen LogP contribution in [0.15, 0.2) is 24.4 Å². The Kier molecular flexibility index (Phi) is 3.36. The Morgan fingerprint density at radius 3 is 2.79 bits per heavy atom. The third kappa shape index (κ3) is 2.42. The van der Waals surface area contributed by atoms with Gasteiger partial charge in [0, 0.05) is 29.2 Å². The van der Waals surface area contributed by atoms with E-state index in [4.69, 9.17) is 11.6 Å². The van der Waals surface area contributed by atoms with Crippen LogP contribution in [0.5, 0.6) is 0 Å². The van der Waals surface area contributed by atoms with Crippen molar-refractivity contribution in [2.75, 3.05) is 0 Å². The van der Waals surface area contributed by atoms with Crippen LogP contribution in [0.25, 0.3) is 10.9 Å². The minimum Gasteiger partial charge on any atom is -0.347 e. The van der Waals surface area contributed by atoms with Crippen LogP contribution in [0.2, 0.25) is 0 Å². The van der Waals surface area contributed by atoms with Crippen LogP contribution in [0, 0.1) is 12.8 Å². The summed E-state index contributed by atoms with van der Waals surface area (Å²) in [6.07, 6.45) is 7.56. The molecule has 3 heteroatoms. The van der Waals surface area contributed by atoms with Crippen LogP contribution in [-0.2, 0) is 6.54 Å². The summed E-state index contributed by atoms with van der Waals surface area (Å²) in [4.78, 5) is 11.3. The molecule has 1 saturated carbocycles. The van der Waals surface area contributed by atoms with Gasteiger partial charge in [-0.15, -0.1) is 0 Å². The minimum atomic E-state index is -0.381. The fraction of sp³-hybridized carbons (Fsp3) is 0.438. The van der Waals surface area contributed by atoms with Gasteiger partial charge in [-0.3, -0.25) is 4.79 Å². The van der Waals surface area contributed by atoms with E-state index >= 15 is 0 Å². The van der Waals surface area contributed by atoms with E-state index in [9.17, 15) is 4.79 Å². The quantitative estimate of drug-likeness (QED) is 0.755. The highest BCUT2D eigenvalue weighted by molar-refractivity contribution is 6.67. The van der Waals surface area contributed by atoms with E-state index in [0.29, 0.717) is 5.56 Å². The Morgan fingerprint density at radius 2 is 2.11 bits per heavy atom. The first-order valence-corrected chi connectivity index (χ1v) is 7.32. The smallest absolute Gasteiger partial charge is 0.252 e. The lowest BCUT2D eigenvalue weighted by atomic mass is 10.1. The summed E-state index contributed by atoms with van der Waals surface area (Å²) in [5, 5.41) is 0.841. The molecule has 0 amide bonds. The summed E-state index contributed by atoms with van der Waals surface area (Å²) in [5.41, 5.74) is 2.98. The lowest BCUT2D eigenvalue weighted by Gasteiger charge is -2.11. The van der Waals surface area contributed by atoms with Crippen molar-refractivity contribution in [1.29, 1.82) is 0 Å². The number of benzene rings is 1. The van der Waals surface area contributed by atoms with E-state index in [1.807, 2.05) is 18.2 Å². The maximum absolute atomic E-state index is 11.3. The molecule has 0 bridgehead atoms. The van der Waals surface area contributed by atoms with Crippen molar-refractivity contribution in [3.05, 3.63) is 35.5 Å². The van der Waals surface area contributed by atoms with E-state index in [1.54, 1.807) is 0 Å². The molecule has 0 radical (unpaired) electrons. The second-order valence-electron chi connectivity index (χ2n) is 5.62. The van der Waals surface area contributed by atoms with Gasteiger partial charge in [0.25, 0.3) is 5.24 Å². The van der Waals surface area contributed by atoms with Crippen LogP contribution in [0.3, 0.4) is 0 Å². The molecule has 0 aliphatic heterocycles. The molecule has 1 heterocycles. The molecule has 0 N–H and O–H groups in total. The molecule has 3 rings (SSSR count). The van der Waals surface area contributed by atoms with Crippen molar-refractivity contribution in [1.82, 2.24) is 4.57 Å². The molecular formula is C16H18ClNO. The van der Waals surface area contributed by atoms with E-state index < -0.39 is 0 Å². The predicted molar refractivity (Wildman–Crippen MR) is 78.8 cm³/mol. The maximum atomic E-state index is 11.3. The summed E-state index contributed by atoms with van der Waals surface area (Å²) in [7, 11) is 0. The summed E-state index contributed by atoms with van der Waals surface area (Å²) in [5.74, 6) is 0.783. The van der Waals surface area contributed by atoms with Crippen LogP contribution >= 0.6 is 11.6 Å². The van der Waals surface area contributed by atoms with Crippen molar-refractivity contribution in [3.8, 4) is 0 Å². The Bertz CT molecular complexity index is 623. The summed E-state index contributed by atoms with van der Waals surface area (Å²) < 4.78 is 2.30. The highest BCUT2D eigenvalue weighted by Gasteiger charge is 2.17. The largest absolute Gasteiger partial charge is 0.347 e. The zero-order valence-electron chi connectivity index (χ0n) is 11.2. The number of nitrogens with zero attached hydrogens (tertiary/aromatic N) is 1. The Balaban J connectivity index is 2.02. The average molecular weight is 276 g/mol. The van der Waals surface area contributed by atoms with E-state index in [2.05, 4.69) is 17.7 Å². The number of fused-ring (bicyclic) bond motifs is 1. The van der Waals surface area contributed by atoms with Gasteiger partial charge in [0.1, 0.15) is 0 Å². The fourth-order valence-corrected chi connectivity index (χ4v) is 3.34. The molecular weight excluding hydrogens is 258 g/mol. The lowest BCUT2D eigenvalue weighted by Crippen LogP contribution is -2.06. The van der Waals surface area contributed by atoms with Crippen LogP contribution in [-0.4, -0.2) is 9.81 Å². The molecule has 0 atom stereocenters. The number of carbonyl (C=O) groups excluding carboxylic acids is 1. The average Bonchev–Trinajstić information content (AvgIpc) is 2.99. The van der Waals surface area contributed by atoms with Crippen LogP contribution < -0.4 is 0 Å². The minimum absolute atomic E-state index is 0.381. The van der Waals surface area contributed by atoms with Gasteiger partial charge in [0.15, 0.2) is 0 Å². The number of rotatable bonds is 3. The Hall–Kier alpha value is -1.28. The van der Waals surface area contributed by atoms with Crippen molar-refractivity contribution in [3.63, 3.8) is 0 Å². The third-order valence-corrected chi connectivity index (χ3v) is 4.46. The molecule has 1 aliphatic carbocycles. The number of hydrogen-bond acceptors (Lipinski definition) is 1. The molecule has 2 nitrogen and oxygen atoms in total. The van der Waals surface area contributed by atoms with E-state index in [-0.39, 0.29) is 5.24 Å². The normalized spacial score (nSPS) is 16.3. The topological polar surface area (TPSA) is 22.0 Å². The van der Waals surface area contributed by atoms with Crippen molar-refractivity contribution >= 4 is 27.7 Å². The highest BCUT2D eigenvalue weighted by atomic mass is 35.5. The molecule has 1 fully saturated rings. The standard InChI is InChI=1S/C16H18ClNO/c1-11-9-18(10-12-4-2-3-5-12)15-8-13(16(17)19)6-7-14(11)15/h6-9,12H,2-5,10H2,1H3. The number of aryl methyl sites for hydroxylation is 1. The molecule has 19 heavy (non-hydrogen) atoms. The predicted octanol–water partition coefficient (Wildman–Crippen LogP) is 4.52. The van der Waals surface area contributed by atoms with E-state index in [1.165, 1.54) is 36.6 Å². The SMILES string of the molecule is Cc1cn(CC2CCCC2)c2cc(C(=O)Cl)ccc12. The summed E-state index contributed by atoms with van der Waals surface area (Å²) >= 11 is 5.58. The summed E-state index contributed by atoms with van der Waals surface area (Å²) in [6.45, 7) is 3.18. The zero-order chi connectivity index (χ0) is 13.4. The van der Waals surface area contributed by atoms with Gasteiger partial charge in [-0.25, -0.2) is 0 Å². The highest BCUT2D eigenvalue weighted by Crippen LogP contribution is 2.29. The lowest BCUT2D eigenvalue weighted by molar-refractivity contribution is 0.108. The molecule has 2 aromatic rings. The first-order chi connectivity index (χ1) is 9.15. The molecule has 100 valence electrons. The second kappa shape index (κ2) is 5.01. The van der Waals surface area contributed by atoms with Crippen LogP contribution in [0.4, 0.5) is 0 Å². The monoisotopic (exact) mass is 275 g/mol. The molecule has 1 aromatic carbocycles. The van der Waals surface area contributed by atoms with Crippen molar-refractivity contribution in [2.45, 2.75) is 39.2 Å². The molecule has 1 aliphatic rings. The van der Waals surface area contributed by atoms with Gasteiger partial charge < -0.3 is 4.57 Å². The van der Waals surface area contributed by atoms with Gasteiger partial charge in [-0.05, 0) is 55.0 Å². The second-order valence-corrected chi connectivity index (χ2v) is 5.96. The maximum Gasteiger partial charge on any atom is 0.252 e. The van der Waals surface area contributed by atoms with Gasteiger partial charge in [0.05, 0.1) is 0 Å². The Morgan fingerprint density at radius 1 is 1.37 bits per heavy atom. The van der Waals surface area contributed by atoms with Gasteiger partial charge in [-0.1, -0.05) is 18.9 Å². The Labute approximate surface area is 118 Å². The first kappa shape index (κ1) is 12.7. The molecule has 1 aromatic heterocycles. The summed E-state index contributed by atoms with van der Waals surface area (Å²) in [6, 6.07) is 5.74. The fourth-order valence-electron chi connectivity index (χ4n) is 3.22. The molecule has 0 saturated heterocycles. The van der Waals surface area contributed by atoms with Crippen LogP contribution in [0.1, 0.15) is 41.6 Å². The number of aromatic nitrogens is 1. The van der Waals surface area contributed by atoms with Gasteiger partial charge >= 0.3 is 0 Å². The number of carbonyl (C=O) groups is 1. The first-order valence-electron chi connectivity index (χ1n) is 6.94. The zero-order valence-corrected chi connectivity index (χ0v) is 11.9. The van der Waals surface area contributed by atoms with Crippen molar-refractivity contribution < 1.29 is 4.79 Å². The molecule has 0 unspecified atom stereocenters. The number of hydrogen-bond donors (Lipinski definition) is 0. The van der Waals surface area contributed by atoms with E-state index in [0.717, 1.165) is 18.0 Å². The molecule has 0 spiro atoms. The van der Waals surface area contributed by atoms with Gasteiger partial charge in [-0.2, -0.15) is 0 Å².